The summed E-state index contributed by atoms with van der Waals surface area (Å²) in [6.07, 6.45) is 0.412. The number of nitrogens with zero attached hydrogens (tertiary/aromatic N) is 6. The van der Waals surface area contributed by atoms with E-state index in [1.54, 1.807) is 59.6 Å². The first-order valence-electron chi connectivity index (χ1n) is 25.4. The monoisotopic (exact) mass is 1130 g/mol. The fraction of sp³-hybridized carbons (Fsp3) is 0.451. The van der Waals surface area contributed by atoms with Gasteiger partial charge in [0.25, 0.3) is 11.8 Å². The summed E-state index contributed by atoms with van der Waals surface area (Å²) >= 11 is 13.9. The number of hydrogen-bond acceptors (Lipinski definition) is 14. The quantitative estimate of drug-likeness (QED) is 0.0232. The second-order valence-electron chi connectivity index (χ2n) is 19.2. The number of carbonyl (C=O) groups excluding carboxylic acids is 6. The smallest absolute Gasteiger partial charge is 0.305 e. The number of fused-ring (bicyclic) bond motifs is 2. The summed E-state index contributed by atoms with van der Waals surface area (Å²) in [5, 5.41) is 51.0. The van der Waals surface area contributed by atoms with Gasteiger partial charge in [-0.25, -0.2) is 9.97 Å². The van der Waals surface area contributed by atoms with Crippen LogP contribution in [0.3, 0.4) is 0 Å². The molecule has 0 bridgehead atoms. The number of nitrogens with two attached hydrogens (primary N) is 1. The van der Waals surface area contributed by atoms with Crippen molar-refractivity contribution in [2.24, 2.45) is 19.8 Å². The van der Waals surface area contributed by atoms with Gasteiger partial charge in [0.2, 0.25) is 17.7 Å². The number of carboxylic acids is 3. The van der Waals surface area contributed by atoms with Crippen LogP contribution in [0.5, 0.6) is 0 Å². The van der Waals surface area contributed by atoms with Crippen molar-refractivity contribution >= 4 is 93.8 Å². The summed E-state index contributed by atoms with van der Waals surface area (Å²) in [7, 11) is 3.50. The highest BCUT2D eigenvalue weighted by molar-refractivity contribution is 6.40. The van der Waals surface area contributed by atoms with Crippen LogP contribution in [0.4, 0.5) is 11.4 Å². The third-order valence-electron chi connectivity index (χ3n) is 13.4. The molecule has 4 heterocycles. The molecule has 6 rings (SSSR count). The van der Waals surface area contributed by atoms with Gasteiger partial charge in [0.15, 0.2) is 23.4 Å². The number of Topliss-reactive ketones (excluding diaryl/α,β-unsaturated/α-hetero) is 1. The van der Waals surface area contributed by atoms with Gasteiger partial charge >= 0.3 is 17.9 Å². The summed E-state index contributed by atoms with van der Waals surface area (Å²) in [6, 6.07) is 5.72. The van der Waals surface area contributed by atoms with Crippen molar-refractivity contribution in [3.05, 3.63) is 80.9 Å². The second-order valence-corrected chi connectivity index (χ2v) is 20.0. The molecule has 0 saturated heterocycles. The van der Waals surface area contributed by atoms with Crippen molar-refractivity contribution < 1.29 is 58.5 Å². The molecule has 28 heteroatoms. The molecule has 12 N–H and O–H groups in total. The van der Waals surface area contributed by atoms with Crippen LogP contribution in [0.25, 0.3) is 11.1 Å². The normalized spacial score (nSPS) is 14.3. The zero-order chi connectivity index (χ0) is 57.7. The molecule has 5 amide bonds. The minimum absolute atomic E-state index is 0.0726. The van der Waals surface area contributed by atoms with Gasteiger partial charge in [-0.2, -0.15) is 0 Å². The number of hydrogen-bond donors (Lipinski definition) is 11. The number of rotatable bonds is 27. The molecule has 2 aromatic heterocycles. The number of anilines is 2. The highest BCUT2D eigenvalue weighted by Crippen LogP contribution is 2.40. The number of guanidine groups is 1. The van der Waals surface area contributed by atoms with E-state index in [-0.39, 0.29) is 72.0 Å². The van der Waals surface area contributed by atoms with E-state index < -0.39 is 84.2 Å². The standard InChI is InChI=1S/C51H64Cl2N14O12/c1-27(68)33(23-41(72)73)63-47(76)32(13-6-18-56-51(54)55)62-48(77)34(24-42(74)75)57-39(69)14-7-19-66-21-16-37-35(25-66)58-45(64(37)2)49(78)60-30-11-4-9-28(43(30)52)29-10-5-12-31(44(29)53)61-50(79)46-59-36-26-67(20-8-15-40(70)71)22-17-38(36)65(46)3/h4-5,9-12,32-34H,6-8,13-26H2,1-3H3,(H,57,69)(H,60,78)(H,61,79)(H,62,77)(H,63,76)(H,70,71)(H,72,73)(H,74,75)(H4,54,55,56)/t32-,33-,34-/m0/s1. The highest BCUT2D eigenvalue weighted by Gasteiger charge is 2.32. The maximum Gasteiger partial charge on any atom is 0.305 e. The molecule has 0 saturated carbocycles. The van der Waals surface area contributed by atoms with Gasteiger partial charge in [-0.3, -0.25) is 58.4 Å². The van der Waals surface area contributed by atoms with Crippen molar-refractivity contribution in [3.63, 3.8) is 0 Å². The first kappa shape index (κ1) is 60.3. The lowest BCUT2D eigenvalue weighted by atomic mass is 10.0. The topological polar surface area (TPSA) is 378 Å². The molecule has 3 atom stereocenters. The first-order valence-corrected chi connectivity index (χ1v) is 26.1. The van der Waals surface area contributed by atoms with Crippen LogP contribution in [0, 0.1) is 5.41 Å². The third kappa shape index (κ3) is 16.3. The summed E-state index contributed by atoms with van der Waals surface area (Å²) in [5.74, 6) is -7.92. The lowest BCUT2D eigenvalue weighted by molar-refractivity contribution is -0.141. The van der Waals surface area contributed by atoms with Crippen LogP contribution >= 0.6 is 23.2 Å². The zero-order valence-corrected chi connectivity index (χ0v) is 45.3. The fourth-order valence-electron chi connectivity index (χ4n) is 9.36. The van der Waals surface area contributed by atoms with Crippen LogP contribution < -0.4 is 37.6 Å². The Balaban J connectivity index is 1.04. The van der Waals surface area contributed by atoms with Crippen molar-refractivity contribution in [2.75, 3.05) is 43.4 Å². The lowest BCUT2D eigenvalue weighted by Crippen LogP contribution is -2.56. The van der Waals surface area contributed by atoms with E-state index in [0.29, 0.717) is 81.0 Å². The minimum Gasteiger partial charge on any atom is -0.481 e. The minimum atomic E-state index is -1.61. The van der Waals surface area contributed by atoms with Crippen molar-refractivity contribution in [1.29, 1.82) is 5.41 Å². The SMILES string of the molecule is CC(=O)[C@H](CC(=O)O)NC(=O)[C@H](CCCNC(=N)N)NC(=O)[C@H](CC(=O)O)NC(=O)CCCN1CCc2c(nc(C(=O)Nc3cccc(-c4cccc(NC(=O)c5nc6c(n5C)CCN(CCCC(=O)O)C6)c4Cl)c3Cl)n2C)C1. The van der Waals surface area contributed by atoms with Crippen molar-refractivity contribution in [1.82, 2.24) is 50.2 Å². The number of halogens is 2. The molecule has 0 aliphatic carbocycles. The summed E-state index contributed by atoms with van der Waals surface area (Å²) < 4.78 is 3.46. The van der Waals surface area contributed by atoms with Crippen LogP contribution in [0.1, 0.15) is 102 Å². The summed E-state index contributed by atoms with van der Waals surface area (Å²) in [4.78, 5) is 127. The van der Waals surface area contributed by atoms with Gasteiger partial charge in [-0.1, -0.05) is 47.5 Å². The molecule has 2 aliphatic rings. The maximum atomic E-state index is 13.9. The van der Waals surface area contributed by atoms with Gasteiger partial charge in [-0.05, 0) is 57.8 Å². The Morgan fingerprint density at radius 2 is 1.13 bits per heavy atom. The molecule has 2 aliphatic heterocycles. The number of aliphatic carboxylic acids is 3. The Hall–Kier alpha value is -7.94. The van der Waals surface area contributed by atoms with Crippen molar-refractivity contribution in [2.45, 2.75) is 102 Å². The van der Waals surface area contributed by atoms with E-state index in [9.17, 15) is 53.4 Å². The number of imidazole rings is 2. The number of nitrogens with one attached hydrogen (secondary N) is 7. The molecule has 424 valence electrons. The Morgan fingerprint density at radius 3 is 1.59 bits per heavy atom. The van der Waals surface area contributed by atoms with E-state index >= 15 is 0 Å². The molecule has 0 unspecified atom stereocenters. The molecule has 0 fully saturated rings. The van der Waals surface area contributed by atoms with Gasteiger partial charge in [0.05, 0.1) is 51.7 Å². The summed E-state index contributed by atoms with van der Waals surface area (Å²) in [5.41, 5.74) is 9.99. The predicted octanol–water partition coefficient (Wildman–Crippen LogP) is 2.25. The number of aromatic nitrogens is 4. The van der Waals surface area contributed by atoms with Crippen LogP contribution in [0.15, 0.2) is 36.4 Å². The van der Waals surface area contributed by atoms with E-state index in [4.69, 9.17) is 39.5 Å². The van der Waals surface area contributed by atoms with Gasteiger partial charge < -0.3 is 62.1 Å². The largest absolute Gasteiger partial charge is 0.481 e. The highest BCUT2D eigenvalue weighted by atomic mass is 35.5. The molecular weight excluding hydrogens is 1070 g/mol. The first-order chi connectivity index (χ1) is 37.5. The number of ketones is 1. The molecular formula is C51H64Cl2N14O12. The van der Waals surface area contributed by atoms with Gasteiger partial charge in [0, 0.05) is 95.0 Å². The molecule has 26 nitrogen and oxygen atoms in total. The average Bonchev–Trinajstić information content (AvgIpc) is 3.97. The molecule has 79 heavy (non-hydrogen) atoms. The number of benzene rings is 2. The van der Waals surface area contributed by atoms with Crippen molar-refractivity contribution in [3.8, 4) is 11.1 Å². The van der Waals surface area contributed by atoms with Gasteiger partial charge in [0.1, 0.15) is 12.1 Å². The number of carbonyl (C=O) groups is 9. The van der Waals surface area contributed by atoms with Crippen LogP contribution in [-0.4, -0.2) is 154 Å². The Labute approximate surface area is 463 Å². The third-order valence-corrected chi connectivity index (χ3v) is 14.3. The molecule has 2 aromatic carbocycles. The van der Waals surface area contributed by atoms with E-state index in [1.807, 2.05) is 4.90 Å². The van der Waals surface area contributed by atoms with Crippen LogP contribution in [0.2, 0.25) is 10.0 Å². The fourth-order valence-corrected chi connectivity index (χ4v) is 9.91. The maximum absolute atomic E-state index is 13.9. The summed E-state index contributed by atoms with van der Waals surface area (Å²) in [6.45, 7) is 4.28. The van der Waals surface area contributed by atoms with E-state index in [2.05, 4.69) is 46.8 Å². The zero-order valence-electron chi connectivity index (χ0n) is 43.7. The number of amides is 5. The Kier molecular flexibility index (Phi) is 21.1. The Bertz CT molecular complexity index is 3020. The average molecular weight is 1140 g/mol. The second kappa shape index (κ2) is 27.6. The lowest BCUT2D eigenvalue weighted by Gasteiger charge is -2.26. The van der Waals surface area contributed by atoms with Crippen LogP contribution in [-0.2, 0) is 73.6 Å². The van der Waals surface area contributed by atoms with E-state index in [1.165, 1.54) is 0 Å². The molecule has 0 spiro atoms. The van der Waals surface area contributed by atoms with E-state index in [0.717, 1.165) is 24.0 Å². The Morgan fingerprint density at radius 1 is 0.658 bits per heavy atom. The molecule has 4 aromatic rings. The molecule has 0 radical (unpaired) electrons. The predicted molar refractivity (Wildman–Crippen MR) is 288 cm³/mol. The van der Waals surface area contributed by atoms with Gasteiger partial charge in [-0.15, -0.1) is 0 Å². The number of carboxylic acid groups (broad SMARTS) is 3.